The molecule has 0 saturated carbocycles. The van der Waals surface area contributed by atoms with Gasteiger partial charge in [0, 0.05) is 48.9 Å². The standard InChI is InChI=1S/C44H35BN2O/c1-43(2,3)24-18-19-26-30-20-21-33(44(4,5)6)38-40(30)46(35(26)22-24)41-37-31(23-32-27-13-8-10-17-36(27)48-42(32)41)29-15-11-14-28-25-12-7-9-16-34(25)47(39(28)29)45(37)38/h7-23H,1-6H3. The van der Waals surface area contributed by atoms with Crippen molar-refractivity contribution in [2.45, 2.75) is 52.4 Å². The van der Waals surface area contributed by atoms with Crippen LogP contribution in [0.5, 0.6) is 0 Å². The molecule has 0 spiro atoms. The summed E-state index contributed by atoms with van der Waals surface area (Å²) in [6, 6.07) is 38.9. The molecule has 4 heteroatoms. The van der Waals surface area contributed by atoms with Crippen molar-refractivity contribution in [3.63, 3.8) is 0 Å². The summed E-state index contributed by atoms with van der Waals surface area (Å²) >= 11 is 0. The van der Waals surface area contributed by atoms with E-state index in [4.69, 9.17) is 4.42 Å². The van der Waals surface area contributed by atoms with Gasteiger partial charge in [-0.15, -0.1) is 0 Å². The molecule has 6 aromatic carbocycles. The molecule has 0 bridgehead atoms. The van der Waals surface area contributed by atoms with E-state index in [1.54, 1.807) is 0 Å². The first-order chi connectivity index (χ1) is 23.1. The van der Waals surface area contributed by atoms with Gasteiger partial charge in [0.25, 0.3) is 0 Å². The fraction of sp³-hybridized carbons (Fsp3) is 0.182. The molecular weight excluding hydrogens is 583 g/mol. The van der Waals surface area contributed by atoms with Crippen molar-refractivity contribution < 1.29 is 4.42 Å². The fourth-order valence-corrected chi connectivity index (χ4v) is 9.28. The van der Waals surface area contributed by atoms with Gasteiger partial charge in [-0.2, -0.15) is 0 Å². The van der Waals surface area contributed by atoms with Gasteiger partial charge < -0.3 is 13.5 Å². The minimum atomic E-state index is -0.0679. The third kappa shape index (κ3) is 3.08. The van der Waals surface area contributed by atoms with E-state index >= 15 is 0 Å². The lowest BCUT2D eigenvalue weighted by molar-refractivity contribution is 0.591. The first kappa shape index (κ1) is 26.8. The highest BCUT2D eigenvalue weighted by Crippen LogP contribution is 2.47. The van der Waals surface area contributed by atoms with E-state index < -0.39 is 0 Å². The molecule has 48 heavy (non-hydrogen) atoms. The van der Waals surface area contributed by atoms with Gasteiger partial charge in [0.2, 0.25) is 0 Å². The molecule has 3 aromatic heterocycles. The van der Waals surface area contributed by atoms with Gasteiger partial charge in [-0.3, -0.25) is 0 Å². The highest BCUT2D eigenvalue weighted by molar-refractivity contribution is 6.90. The maximum absolute atomic E-state index is 6.98. The number of furan rings is 1. The van der Waals surface area contributed by atoms with Crippen LogP contribution in [0, 0.1) is 0 Å². The molecular formula is C44H35BN2O. The third-order valence-electron chi connectivity index (χ3n) is 11.4. The SMILES string of the molecule is CC(C)(C)c1ccc2c3ccc(C(C)(C)C)c4c3n(c2c1)-c1c2c(cc3c1oc1ccccc13)-c1cccc3c5ccccc5n(c13)B24. The Kier molecular flexibility index (Phi) is 4.71. The Balaban J connectivity index is 1.47. The Labute approximate surface area is 279 Å². The van der Waals surface area contributed by atoms with Crippen LogP contribution in [0.25, 0.3) is 82.4 Å². The van der Waals surface area contributed by atoms with Gasteiger partial charge in [-0.25, -0.2) is 0 Å². The van der Waals surface area contributed by atoms with Crippen LogP contribution in [0.4, 0.5) is 0 Å². The van der Waals surface area contributed by atoms with Gasteiger partial charge in [-0.1, -0.05) is 120 Å². The molecule has 5 heterocycles. The normalized spacial score (nSPS) is 14.0. The zero-order chi connectivity index (χ0) is 32.4. The quantitative estimate of drug-likeness (QED) is 0.155. The molecule has 0 fully saturated rings. The Morgan fingerprint density at radius 1 is 0.542 bits per heavy atom. The van der Waals surface area contributed by atoms with Crippen molar-refractivity contribution in [2.24, 2.45) is 0 Å². The highest BCUT2D eigenvalue weighted by Gasteiger charge is 2.45. The highest BCUT2D eigenvalue weighted by atomic mass is 16.3. The summed E-state index contributed by atoms with van der Waals surface area (Å²) in [5, 5.41) is 7.57. The summed E-state index contributed by atoms with van der Waals surface area (Å²) in [5.41, 5.74) is 16.3. The Bertz CT molecular complexity index is 2920. The van der Waals surface area contributed by atoms with Gasteiger partial charge in [-0.05, 0) is 62.7 Å². The lowest BCUT2D eigenvalue weighted by Crippen LogP contribution is -2.57. The number of fused-ring (bicyclic) bond motifs is 14. The molecule has 2 aliphatic rings. The number of para-hydroxylation sites is 3. The van der Waals surface area contributed by atoms with Crippen LogP contribution in [-0.2, 0) is 10.8 Å². The van der Waals surface area contributed by atoms with Crippen molar-refractivity contribution in [2.75, 3.05) is 0 Å². The van der Waals surface area contributed by atoms with E-state index in [0.717, 1.165) is 11.2 Å². The number of aromatic nitrogens is 2. The van der Waals surface area contributed by atoms with Crippen molar-refractivity contribution in [1.82, 2.24) is 9.05 Å². The first-order valence-electron chi connectivity index (χ1n) is 17.2. The van der Waals surface area contributed by atoms with E-state index in [-0.39, 0.29) is 17.7 Å². The van der Waals surface area contributed by atoms with Crippen LogP contribution in [0.1, 0.15) is 52.7 Å². The molecule has 0 atom stereocenters. The van der Waals surface area contributed by atoms with Gasteiger partial charge in [0.05, 0.1) is 16.7 Å². The predicted molar refractivity (Wildman–Crippen MR) is 204 cm³/mol. The zero-order valence-corrected chi connectivity index (χ0v) is 28.2. The molecule has 0 unspecified atom stereocenters. The molecule has 3 nitrogen and oxygen atoms in total. The Morgan fingerprint density at radius 3 is 2.06 bits per heavy atom. The maximum atomic E-state index is 6.98. The number of nitrogens with zero attached hydrogens (tertiary/aromatic N) is 2. The maximum Gasteiger partial charge on any atom is 0.333 e. The van der Waals surface area contributed by atoms with Crippen LogP contribution < -0.4 is 10.9 Å². The topological polar surface area (TPSA) is 23.0 Å². The van der Waals surface area contributed by atoms with Crippen LogP contribution in [-0.4, -0.2) is 15.9 Å². The van der Waals surface area contributed by atoms with E-state index in [0.29, 0.717) is 0 Å². The lowest BCUT2D eigenvalue weighted by atomic mass is 9.43. The molecule has 230 valence electrons. The minimum absolute atomic E-state index is 0.0123. The molecule has 0 radical (unpaired) electrons. The summed E-state index contributed by atoms with van der Waals surface area (Å²) in [5.74, 6) is 0. The average molecular weight is 619 g/mol. The second-order valence-corrected chi connectivity index (χ2v) is 16.1. The molecule has 0 aliphatic carbocycles. The number of hydrogen-bond donors (Lipinski definition) is 0. The van der Waals surface area contributed by atoms with Gasteiger partial charge in [0.1, 0.15) is 5.58 Å². The minimum Gasteiger partial charge on any atom is -0.454 e. The smallest absolute Gasteiger partial charge is 0.333 e. The molecule has 11 rings (SSSR count). The molecule has 0 N–H and O–H groups in total. The largest absolute Gasteiger partial charge is 0.454 e. The predicted octanol–water partition coefficient (Wildman–Crippen LogP) is 10.3. The van der Waals surface area contributed by atoms with E-state index in [1.807, 2.05) is 0 Å². The summed E-state index contributed by atoms with van der Waals surface area (Å²) < 4.78 is 12.3. The summed E-state index contributed by atoms with van der Waals surface area (Å²) in [7, 11) is 0. The zero-order valence-electron chi connectivity index (χ0n) is 28.2. The number of hydrogen-bond acceptors (Lipinski definition) is 1. The molecule has 9 aromatic rings. The van der Waals surface area contributed by atoms with Gasteiger partial charge >= 0.3 is 6.85 Å². The van der Waals surface area contributed by atoms with Crippen molar-refractivity contribution in [1.29, 1.82) is 0 Å². The summed E-state index contributed by atoms with van der Waals surface area (Å²) in [4.78, 5) is 0. The van der Waals surface area contributed by atoms with Crippen molar-refractivity contribution >= 4 is 83.3 Å². The monoisotopic (exact) mass is 618 g/mol. The Hall–Kier alpha value is -5.22. The fourth-order valence-electron chi connectivity index (χ4n) is 9.28. The second kappa shape index (κ2) is 8.43. The van der Waals surface area contributed by atoms with E-state index in [2.05, 4.69) is 154 Å². The first-order valence-corrected chi connectivity index (χ1v) is 17.2. The number of rotatable bonds is 0. The van der Waals surface area contributed by atoms with E-state index in [9.17, 15) is 0 Å². The summed E-state index contributed by atoms with van der Waals surface area (Å²) in [6.45, 7) is 14.0. The van der Waals surface area contributed by atoms with Gasteiger partial charge in [0.15, 0.2) is 5.58 Å². The van der Waals surface area contributed by atoms with Crippen LogP contribution in [0.15, 0.2) is 108 Å². The molecule has 0 amide bonds. The second-order valence-electron chi connectivity index (χ2n) is 16.1. The molecule has 0 saturated heterocycles. The van der Waals surface area contributed by atoms with Crippen LogP contribution in [0.2, 0.25) is 0 Å². The third-order valence-corrected chi connectivity index (χ3v) is 11.4. The van der Waals surface area contributed by atoms with E-state index in [1.165, 1.54) is 93.3 Å². The van der Waals surface area contributed by atoms with Crippen LogP contribution >= 0.6 is 0 Å². The summed E-state index contributed by atoms with van der Waals surface area (Å²) in [6.07, 6.45) is 0. The molecule has 2 aliphatic heterocycles. The average Bonchev–Trinajstić information content (AvgIpc) is 3.72. The van der Waals surface area contributed by atoms with Crippen molar-refractivity contribution in [3.8, 4) is 16.8 Å². The lowest BCUT2D eigenvalue weighted by Gasteiger charge is -2.37. The number of benzene rings is 6. The van der Waals surface area contributed by atoms with Crippen molar-refractivity contribution in [3.05, 3.63) is 114 Å². The Morgan fingerprint density at radius 2 is 1.25 bits per heavy atom. The van der Waals surface area contributed by atoms with Crippen LogP contribution in [0.3, 0.4) is 0 Å².